The third kappa shape index (κ3) is 5.18. The molecule has 29 heavy (non-hydrogen) atoms. The molecule has 0 unspecified atom stereocenters. The molecule has 0 saturated carbocycles. The summed E-state index contributed by atoms with van der Waals surface area (Å²) in [5.41, 5.74) is 1.21. The summed E-state index contributed by atoms with van der Waals surface area (Å²) in [4.78, 5) is 23.4. The Labute approximate surface area is 160 Å². The third-order valence-corrected chi connectivity index (χ3v) is 3.92. The van der Waals surface area contributed by atoms with Crippen molar-refractivity contribution in [2.24, 2.45) is 0 Å². The fraction of sp³-hybridized carbons (Fsp3) is 0.278. The van der Waals surface area contributed by atoms with Gasteiger partial charge in [0.15, 0.2) is 12.4 Å². The molecule has 154 valence electrons. The number of benzene rings is 1. The molecule has 0 aliphatic carbocycles. The first-order valence-electron chi connectivity index (χ1n) is 8.24. The number of imidazole rings is 1. The van der Waals surface area contributed by atoms with E-state index >= 15 is 0 Å². The maximum atomic E-state index is 12.5. The van der Waals surface area contributed by atoms with E-state index in [2.05, 4.69) is 19.7 Å². The molecule has 11 heteroatoms. The van der Waals surface area contributed by atoms with Gasteiger partial charge in [-0.2, -0.15) is 22.0 Å². The maximum Gasteiger partial charge on any atom is 0.422 e. The SMILES string of the molecule is Cc1c(OCC(F)(F)F)ccnc1CC(=O)c1nc2ccc(OC(F)F)cc2[nH]1. The molecule has 1 N–H and O–H groups in total. The van der Waals surface area contributed by atoms with Crippen molar-refractivity contribution in [1.29, 1.82) is 0 Å². The molecule has 3 aromatic rings. The lowest BCUT2D eigenvalue weighted by molar-refractivity contribution is -0.153. The van der Waals surface area contributed by atoms with Gasteiger partial charge in [0.2, 0.25) is 5.78 Å². The van der Waals surface area contributed by atoms with Crippen LogP contribution in [0.2, 0.25) is 0 Å². The quantitative estimate of drug-likeness (QED) is 0.462. The van der Waals surface area contributed by atoms with Crippen molar-refractivity contribution in [1.82, 2.24) is 15.0 Å². The minimum absolute atomic E-state index is 0.0291. The molecule has 0 aliphatic heterocycles. The smallest absolute Gasteiger partial charge is 0.422 e. The zero-order chi connectivity index (χ0) is 21.2. The van der Waals surface area contributed by atoms with Gasteiger partial charge in [0.1, 0.15) is 11.5 Å². The first-order chi connectivity index (χ1) is 13.6. The van der Waals surface area contributed by atoms with E-state index in [0.29, 0.717) is 16.6 Å². The Kier molecular flexibility index (Phi) is 5.66. The van der Waals surface area contributed by atoms with Gasteiger partial charge < -0.3 is 14.5 Å². The van der Waals surface area contributed by atoms with Gasteiger partial charge in [-0.3, -0.25) is 9.78 Å². The lowest BCUT2D eigenvalue weighted by atomic mass is 10.1. The van der Waals surface area contributed by atoms with Crippen LogP contribution in [0.1, 0.15) is 21.9 Å². The highest BCUT2D eigenvalue weighted by Gasteiger charge is 2.29. The number of ether oxygens (including phenoxy) is 2. The van der Waals surface area contributed by atoms with Gasteiger partial charge >= 0.3 is 12.8 Å². The van der Waals surface area contributed by atoms with Crippen molar-refractivity contribution in [2.75, 3.05) is 6.61 Å². The lowest BCUT2D eigenvalue weighted by Gasteiger charge is -2.13. The highest BCUT2D eigenvalue weighted by molar-refractivity contribution is 5.97. The summed E-state index contributed by atoms with van der Waals surface area (Å²) in [6, 6.07) is 5.26. The molecule has 0 spiro atoms. The number of nitrogens with one attached hydrogen (secondary N) is 1. The number of ketones is 1. The Bertz CT molecular complexity index is 1030. The minimum atomic E-state index is -4.49. The Hall–Kier alpha value is -3.24. The molecule has 0 radical (unpaired) electrons. The van der Waals surface area contributed by atoms with Crippen molar-refractivity contribution < 1.29 is 36.2 Å². The molecule has 0 atom stereocenters. The number of carbonyl (C=O) groups is 1. The van der Waals surface area contributed by atoms with Gasteiger partial charge in [-0.1, -0.05) is 0 Å². The number of hydrogen-bond donors (Lipinski definition) is 1. The second-order valence-electron chi connectivity index (χ2n) is 6.03. The Morgan fingerprint density at radius 3 is 2.69 bits per heavy atom. The van der Waals surface area contributed by atoms with Crippen LogP contribution in [-0.4, -0.2) is 40.1 Å². The summed E-state index contributed by atoms with van der Waals surface area (Å²) in [6.45, 7) is -2.96. The van der Waals surface area contributed by atoms with Crippen molar-refractivity contribution >= 4 is 16.8 Å². The molecule has 0 bridgehead atoms. The summed E-state index contributed by atoms with van der Waals surface area (Å²) in [6.07, 6.45) is -3.49. The zero-order valence-corrected chi connectivity index (χ0v) is 14.9. The van der Waals surface area contributed by atoms with E-state index in [0.717, 1.165) is 0 Å². The van der Waals surface area contributed by atoms with Gasteiger partial charge in [0, 0.05) is 17.8 Å². The van der Waals surface area contributed by atoms with E-state index in [1.165, 1.54) is 37.4 Å². The molecule has 1 aromatic carbocycles. The highest BCUT2D eigenvalue weighted by Crippen LogP contribution is 2.25. The van der Waals surface area contributed by atoms with E-state index in [9.17, 15) is 26.7 Å². The van der Waals surface area contributed by atoms with Gasteiger partial charge in [-0.05, 0) is 25.1 Å². The molecular weight excluding hydrogens is 401 g/mol. The van der Waals surface area contributed by atoms with Crippen LogP contribution in [0.25, 0.3) is 11.0 Å². The standard InChI is InChI=1S/C18H14F5N3O3/c1-9-12(24-5-4-15(9)28-8-18(21,22)23)7-14(27)16-25-11-3-2-10(29-17(19)20)6-13(11)26-16/h2-6,17H,7-8H2,1H3,(H,25,26). The van der Waals surface area contributed by atoms with E-state index in [1.54, 1.807) is 0 Å². The number of pyridine rings is 1. The van der Waals surface area contributed by atoms with E-state index < -0.39 is 25.2 Å². The van der Waals surface area contributed by atoms with Gasteiger partial charge in [0.25, 0.3) is 0 Å². The second-order valence-corrected chi connectivity index (χ2v) is 6.03. The average Bonchev–Trinajstić information content (AvgIpc) is 3.04. The van der Waals surface area contributed by atoms with Crippen LogP contribution < -0.4 is 9.47 Å². The summed E-state index contributed by atoms with van der Waals surface area (Å²) in [7, 11) is 0. The van der Waals surface area contributed by atoms with Crippen LogP contribution in [0.4, 0.5) is 22.0 Å². The molecule has 0 fully saturated rings. The van der Waals surface area contributed by atoms with Crippen LogP contribution in [0, 0.1) is 6.92 Å². The molecule has 2 aromatic heterocycles. The topological polar surface area (TPSA) is 77.1 Å². The Balaban J connectivity index is 1.78. The Morgan fingerprint density at radius 1 is 1.24 bits per heavy atom. The molecule has 6 nitrogen and oxygen atoms in total. The van der Waals surface area contributed by atoms with Crippen molar-refractivity contribution in [3.05, 3.63) is 47.5 Å². The number of nitrogens with zero attached hydrogens (tertiary/aromatic N) is 2. The predicted octanol–water partition coefficient (Wildman–Crippen LogP) is 4.23. The molecule has 2 heterocycles. The van der Waals surface area contributed by atoms with Crippen LogP contribution in [0.5, 0.6) is 11.5 Å². The second kappa shape index (κ2) is 8.02. The maximum absolute atomic E-state index is 12.5. The fourth-order valence-electron chi connectivity index (χ4n) is 2.59. The summed E-state index contributed by atoms with van der Waals surface area (Å²) < 4.78 is 70.7. The lowest BCUT2D eigenvalue weighted by Crippen LogP contribution is -2.20. The molecule has 0 amide bonds. The summed E-state index contributed by atoms with van der Waals surface area (Å²) in [5, 5.41) is 0. The largest absolute Gasteiger partial charge is 0.484 e. The first-order valence-corrected chi connectivity index (χ1v) is 8.24. The van der Waals surface area contributed by atoms with Crippen molar-refractivity contribution in [2.45, 2.75) is 26.1 Å². The van der Waals surface area contributed by atoms with E-state index in [1.807, 2.05) is 0 Å². The number of Topliss-reactive ketones (excluding diaryl/α,β-unsaturated/α-hetero) is 1. The number of aromatic amines is 1. The zero-order valence-electron chi connectivity index (χ0n) is 14.9. The summed E-state index contributed by atoms with van der Waals surface area (Å²) >= 11 is 0. The normalized spacial score (nSPS) is 11.8. The highest BCUT2D eigenvalue weighted by atomic mass is 19.4. The number of halogens is 5. The Morgan fingerprint density at radius 2 is 2.00 bits per heavy atom. The molecule has 3 rings (SSSR count). The number of aromatic nitrogens is 3. The van der Waals surface area contributed by atoms with Gasteiger partial charge in [0.05, 0.1) is 23.1 Å². The number of hydrogen-bond acceptors (Lipinski definition) is 5. The molecule has 0 aliphatic rings. The third-order valence-electron chi connectivity index (χ3n) is 3.92. The van der Waals surface area contributed by atoms with Crippen molar-refractivity contribution in [3.63, 3.8) is 0 Å². The number of rotatable bonds is 7. The van der Waals surface area contributed by atoms with Crippen LogP contribution in [-0.2, 0) is 6.42 Å². The first kappa shape index (κ1) is 20.5. The molecular formula is C18H14F5N3O3. The van der Waals surface area contributed by atoms with Crippen LogP contribution in [0.15, 0.2) is 30.5 Å². The average molecular weight is 415 g/mol. The minimum Gasteiger partial charge on any atom is -0.484 e. The number of fused-ring (bicyclic) bond motifs is 1. The van der Waals surface area contributed by atoms with Gasteiger partial charge in [-0.25, -0.2) is 4.98 Å². The van der Waals surface area contributed by atoms with Crippen LogP contribution in [0.3, 0.4) is 0 Å². The van der Waals surface area contributed by atoms with E-state index in [-0.39, 0.29) is 29.4 Å². The number of alkyl halides is 5. The number of H-pyrrole nitrogens is 1. The monoisotopic (exact) mass is 415 g/mol. The predicted molar refractivity (Wildman–Crippen MR) is 91.3 cm³/mol. The van der Waals surface area contributed by atoms with Crippen molar-refractivity contribution in [3.8, 4) is 11.5 Å². The number of carbonyl (C=O) groups excluding carboxylic acids is 1. The fourth-order valence-corrected chi connectivity index (χ4v) is 2.59. The van der Waals surface area contributed by atoms with Crippen LogP contribution >= 0.6 is 0 Å². The summed E-state index contributed by atoms with van der Waals surface area (Å²) in [5.74, 6) is -0.654. The molecule has 0 saturated heterocycles. The van der Waals surface area contributed by atoms with Gasteiger partial charge in [-0.15, -0.1) is 0 Å². The van der Waals surface area contributed by atoms with E-state index in [4.69, 9.17) is 4.74 Å².